The Bertz CT molecular complexity index is 608. The van der Waals surface area contributed by atoms with Gasteiger partial charge in [-0.3, -0.25) is 14.5 Å². The molecule has 0 aliphatic carbocycles. The first kappa shape index (κ1) is 19.4. The highest BCUT2D eigenvalue weighted by molar-refractivity contribution is 5.83. The van der Waals surface area contributed by atoms with Gasteiger partial charge in [-0.05, 0) is 50.4 Å². The van der Waals surface area contributed by atoms with Crippen molar-refractivity contribution in [2.24, 2.45) is 5.92 Å². The highest BCUT2D eigenvalue weighted by atomic mass is 19.1. The summed E-state index contributed by atoms with van der Waals surface area (Å²) in [6.07, 6.45) is 2.37. The van der Waals surface area contributed by atoms with E-state index in [4.69, 9.17) is 5.11 Å². The number of likely N-dealkylation sites (tertiary alicyclic amines) is 1. The summed E-state index contributed by atoms with van der Waals surface area (Å²) < 4.78 is 13.3. The number of halogens is 1. The van der Waals surface area contributed by atoms with Gasteiger partial charge in [-0.2, -0.15) is 0 Å². The van der Waals surface area contributed by atoms with Crippen molar-refractivity contribution in [2.75, 3.05) is 19.6 Å². The normalized spacial score (nSPS) is 19.4. The molecule has 6 heteroatoms. The lowest BCUT2D eigenvalue weighted by Gasteiger charge is -2.36. The summed E-state index contributed by atoms with van der Waals surface area (Å²) in [4.78, 5) is 27.6. The smallest absolute Gasteiger partial charge is 0.323 e. The molecule has 1 amide bonds. The zero-order valence-electron chi connectivity index (χ0n) is 14.9. The Balaban J connectivity index is 2.02. The number of rotatable bonds is 7. The standard InChI is InChI=1S/C19H27FN2O3/c1-3-14(2)22(13-18(23)24)19(25)16-7-5-9-21(12-16)11-15-6-4-8-17(20)10-15/h4,6,8,10,14,16H,3,5,7,9,11-13H2,1-2H3,(H,23,24). The quantitative estimate of drug-likeness (QED) is 0.821. The second-order valence-corrected chi connectivity index (χ2v) is 6.82. The minimum atomic E-state index is -0.985. The molecule has 1 aliphatic heterocycles. The summed E-state index contributed by atoms with van der Waals surface area (Å²) in [7, 11) is 0. The van der Waals surface area contributed by atoms with Crippen molar-refractivity contribution in [3.63, 3.8) is 0 Å². The summed E-state index contributed by atoms with van der Waals surface area (Å²) in [5.74, 6) is -1.52. The summed E-state index contributed by atoms with van der Waals surface area (Å²) >= 11 is 0. The molecule has 2 atom stereocenters. The number of carboxylic acid groups (broad SMARTS) is 1. The Hall–Kier alpha value is -1.95. The fourth-order valence-electron chi connectivity index (χ4n) is 3.35. The number of hydrogen-bond donors (Lipinski definition) is 1. The molecule has 1 aromatic rings. The number of nitrogens with zero attached hydrogens (tertiary/aromatic N) is 2. The van der Waals surface area contributed by atoms with E-state index in [-0.39, 0.29) is 30.2 Å². The van der Waals surface area contributed by atoms with Crippen LogP contribution in [0.5, 0.6) is 0 Å². The van der Waals surface area contributed by atoms with Gasteiger partial charge < -0.3 is 10.0 Å². The van der Waals surface area contributed by atoms with Gasteiger partial charge in [-0.1, -0.05) is 19.1 Å². The first-order valence-electron chi connectivity index (χ1n) is 8.89. The van der Waals surface area contributed by atoms with E-state index in [0.29, 0.717) is 13.1 Å². The van der Waals surface area contributed by atoms with E-state index in [1.807, 2.05) is 19.9 Å². The number of piperidine rings is 1. The topological polar surface area (TPSA) is 60.9 Å². The maximum Gasteiger partial charge on any atom is 0.323 e. The number of carboxylic acids is 1. The van der Waals surface area contributed by atoms with E-state index in [9.17, 15) is 14.0 Å². The zero-order chi connectivity index (χ0) is 18.4. The van der Waals surface area contributed by atoms with Crippen LogP contribution in [0.1, 0.15) is 38.7 Å². The summed E-state index contributed by atoms with van der Waals surface area (Å²) in [6, 6.07) is 6.41. The first-order chi connectivity index (χ1) is 11.9. The molecule has 25 heavy (non-hydrogen) atoms. The molecular formula is C19H27FN2O3. The first-order valence-corrected chi connectivity index (χ1v) is 8.89. The molecule has 0 bridgehead atoms. The van der Waals surface area contributed by atoms with E-state index in [2.05, 4.69) is 4.90 Å². The van der Waals surface area contributed by atoms with Crippen LogP contribution in [0.2, 0.25) is 0 Å². The van der Waals surface area contributed by atoms with Crippen LogP contribution in [0.25, 0.3) is 0 Å². The lowest BCUT2D eigenvalue weighted by Crippen LogP contribution is -2.49. The molecule has 0 saturated carbocycles. The molecule has 0 aromatic heterocycles. The van der Waals surface area contributed by atoms with Crippen LogP contribution in [0.15, 0.2) is 24.3 Å². The molecule has 1 saturated heterocycles. The molecule has 1 aliphatic rings. The second kappa shape index (κ2) is 8.94. The van der Waals surface area contributed by atoms with Crippen molar-refractivity contribution in [2.45, 2.75) is 45.7 Å². The van der Waals surface area contributed by atoms with Crippen molar-refractivity contribution in [3.8, 4) is 0 Å². The van der Waals surface area contributed by atoms with Gasteiger partial charge in [-0.25, -0.2) is 4.39 Å². The monoisotopic (exact) mass is 350 g/mol. The number of carbonyl (C=O) groups excluding carboxylic acids is 1. The van der Waals surface area contributed by atoms with E-state index in [0.717, 1.165) is 31.4 Å². The third kappa shape index (κ3) is 5.53. The molecule has 0 spiro atoms. The molecule has 1 fully saturated rings. The van der Waals surface area contributed by atoms with Crippen molar-refractivity contribution in [1.29, 1.82) is 0 Å². The van der Waals surface area contributed by atoms with Crippen LogP contribution < -0.4 is 0 Å². The van der Waals surface area contributed by atoms with E-state index >= 15 is 0 Å². The number of benzene rings is 1. The van der Waals surface area contributed by atoms with Crippen LogP contribution in [-0.2, 0) is 16.1 Å². The number of carbonyl (C=O) groups is 2. The van der Waals surface area contributed by atoms with Gasteiger partial charge in [0.05, 0.1) is 5.92 Å². The van der Waals surface area contributed by atoms with E-state index in [1.54, 1.807) is 6.07 Å². The molecule has 2 rings (SSSR count). The van der Waals surface area contributed by atoms with Crippen LogP contribution in [0.3, 0.4) is 0 Å². The Morgan fingerprint density at radius 1 is 1.44 bits per heavy atom. The molecule has 0 radical (unpaired) electrons. The minimum absolute atomic E-state index is 0.0827. The molecule has 1 heterocycles. The fourth-order valence-corrected chi connectivity index (χ4v) is 3.35. The Morgan fingerprint density at radius 2 is 2.20 bits per heavy atom. The largest absolute Gasteiger partial charge is 0.480 e. The highest BCUT2D eigenvalue weighted by Crippen LogP contribution is 2.22. The third-order valence-electron chi connectivity index (χ3n) is 4.86. The lowest BCUT2D eigenvalue weighted by atomic mass is 9.95. The number of hydrogen-bond acceptors (Lipinski definition) is 3. The van der Waals surface area contributed by atoms with Crippen LogP contribution in [0.4, 0.5) is 4.39 Å². The maximum absolute atomic E-state index is 13.3. The van der Waals surface area contributed by atoms with Crippen LogP contribution >= 0.6 is 0 Å². The molecule has 5 nitrogen and oxygen atoms in total. The third-order valence-corrected chi connectivity index (χ3v) is 4.86. The summed E-state index contributed by atoms with van der Waals surface area (Å²) in [5.41, 5.74) is 0.886. The molecule has 1 N–H and O–H groups in total. The van der Waals surface area contributed by atoms with Crippen molar-refractivity contribution < 1.29 is 19.1 Å². The van der Waals surface area contributed by atoms with Gasteiger partial charge in [0.15, 0.2) is 0 Å². The van der Waals surface area contributed by atoms with Crippen LogP contribution in [0, 0.1) is 11.7 Å². The minimum Gasteiger partial charge on any atom is -0.480 e. The Kier molecular flexibility index (Phi) is 6.93. The Morgan fingerprint density at radius 3 is 2.84 bits per heavy atom. The molecular weight excluding hydrogens is 323 g/mol. The fraction of sp³-hybridized carbons (Fsp3) is 0.579. The predicted molar refractivity (Wildman–Crippen MR) is 93.5 cm³/mol. The summed E-state index contributed by atoms with van der Waals surface area (Å²) in [6.45, 7) is 5.63. The van der Waals surface area contributed by atoms with Gasteiger partial charge in [-0.15, -0.1) is 0 Å². The average molecular weight is 350 g/mol. The lowest BCUT2D eigenvalue weighted by molar-refractivity contribution is -0.149. The second-order valence-electron chi connectivity index (χ2n) is 6.82. The van der Waals surface area contributed by atoms with Gasteiger partial charge in [0.2, 0.25) is 5.91 Å². The highest BCUT2D eigenvalue weighted by Gasteiger charge is 2.32. The number of aliphatic carboxylic acids is 1. The Labute approximate surface area is 148 Å². The van der Waals surface area contributed by atoms with Crippen LogP contribution in [-0.4, -0.2) is 52.5 Å². The predicted octanol–water partition coefficient (Wildman–Crippen LogP) is 2.75. The van der Waals surface area contributed by atoms with Gasteiger partial charge in [0.1, 0.15) is 12.4 Å². The SMILES string of the molecule is CCC(C)N(CC(=O)O)C(=O)C1CCCN(Cc2cccc(F)c2)C1. The molecule has 1 aromatic carbocycles. The van der Waals surface area contributed by atoms with Crippen molar-refractivity contribution in [3.05, 3.63) is 35.6 Å². The van der Waals surface area contributed by atoms with E-state index in [1.165, 1.54) is 17.0 Å². The molecule has 138 valence electrons. The van der Waals surface area contributed by atoms with Gasteiger partial charge in [0.25, 0.3) is 0 Å². The average Bonchev–Trinajstić information content (AvgIpc) is 2.58. The number of amides is 1. The summed E-state index contributed by atoms with van der Waals surface area (Å²) in [5, 5.41) is 9.11. The maximum atomic E-state index is 13.3. The molecule has 2 unspecified atom stereocenters. The van der Waals surface area contributed by atoms with Crippen molar-refractivity contribution >= 4 is 11.9 Å². The van der Waals surface area contributed by atoms with E-state index < -0.39 is 5.97 Å². The van der Waals surface area contributed by atoms with Crippen molar-refractivity contribution in [1.82, 2.24) is 9.80 Å². The zero-order valence-corrected chi connectivity index (χ0v) is 14.9. The van der Waals surface area contributed by atoms with Gasteiger partial charge in [0, 0.05) is 19.1 Å². The van der Waals surface area contributed by atoms with Gasteiger partial charge >= 0.3 is 5.97 Å².